The predicted molar refractivity (Wildman–Crippen MR) is 138 cm³/mol. The molecular weight excluding hydrogens is 428 g/mol. The van der Waals surface area contributed by atoms with Gasteiger partial charge in [0.1, 0.15) is 0 Å². The van der Waals surface area contributed by atoms with Gasteiger partial charge in [-0.15, -0.1) is 0 Å². The Balaban J connectivity index is 1.85. The molecule has 0 amide bonds. The summed E-state index contributed by atoms with van der Waals surface area (Å²) in [6.45, 7) is 6.42. The molecule has 0 aliphatic heterocycles. The third-order valence-electron chi connectivity index (χ3n) is 6.29. The maximum Gasteiger partial charge on any atom is 0.212 e. The molecular formula is C28H36N2O2S. The van der Waals surface area contributed by atoms with Crippen molar-refractivity contribution in [1.82, 2.24) is 4.72 Å². The van der Waals surface area contributed by atoms with Crippen molar-refractivity contribution in [2.45, 2.75) is 58.5 Å². The van der Waals surface area contributed by atoms with Crippen LogP contribution in [0.25, 0.3) is 0 Å². The number of sulfonamides is 1. The minimum Gasteiger partial charge on any atom is -0.322 e. The highest BCUT2D eigenvalue weighted by Crippen LogP contribution is 2.28. The molecule has 176 valence electrons. The first kappa shape index (κ1) is 25.2. The largest absolute Gasteiger partial charge is 0.322 e. The standard InChI is InChI=1S/C28H36N2O2S/c1-4-21-19-22(5-2)26(23(6-3)20-21)17-18-33(31,32)30-28(25-15-11-8-12-16-25)27(29)24-13-9-7-10-14-24/h7-16,19-20,27-28,30H,4-6,17-18,29H2,1-3H3. The minimum absolute atomic E-state index is 0.0311. The zero-order chi connectivity index (χ0) is 23.8. The fraction of sp³-hybridized carbons (Fsp3) is 0.357. The highest BCUT2D eigenvalue weighted by molar-refractivity contribution is 7.89. The molecule has 0 aliphatic rings. The van der Waals surface area contributed by atoms with Crippen LogP contribution in [-0.2, 0) is 35.7 Å². The summed E-state index contributed by atoms with van der Waals surface area (Å²) in [5.74, 6) is 0.0311. The van der Waals surface area contributed by atoms with Crippen molar-refractivity contribution in [3.05, 3.63) is 106 Å². The number of hydrogen-bond donors (Lipinski definition) is 2. The van der Waals surface area contributed by atoms with Gasteiger partial charge in [-0.25, -0.2) is 13.1 Å². The Kier molecular flexibility index (Phi) is 8.84. The van der Waals surface area contributed by atoms with Crippen molar-refractivity contribution in [3.63, 3.8) is 0 Å². The van der Waals surface area contributed by atoms with Crippen LogP contribution in [0.3, 0.4) is 0 Å². The summed E-state index contributed by atoms with van der Waals surface area (Å²) >= 11 is 0. The van der Waals surface area contributed by atoms with E-state index < -0.39 is 22.1 Å². The van der Waals surface area contributed by atoms with Gasteiger partial charge in [0.15, 0.2) is 0 Å². The number of hydrogen-bond acceptors (Lipinski definition) is 3. The molecule has 2 atom stereocenters. The Morgan fingerprint density at radius 1 is 0.788 bits per heavy atom. The van der Waals surface area contributed by atoms with Gasteiger partial charge in [0.05, 0.1) is 17.8 Å². The highest BCUT2D eigenvalue weighted by atomic mass is 32.2. The van der Waals surface area contributed by atoms with Crippen LogP contribution in [0, 0.1) is 0 Å². The second-order valence-corrected chi connectivity index (χ2v) is 10.3. The number of rotatable bonds is 11. The lowest BCUT2D eigenvalue weighted by Gasteiger charge is -2.26. The van der Waals surface area contributed by atoms with E-state index in [1.165, 1.54) is 22.3 Å². The van der Waals surface area contributed by atoms with Crippen molar-refractivity contribution in [2.24, 2.45) is 5.73 Å². The fourth-order valence-electron chi connectivity index (χ4n) is 4.39. The summed E-state index contributed by atoms with van der Waals surface area (Å²) in [4.78, 5) is 0. The van der Waals surface area contributed by atoms with Gasteiger partial charge in [0, 0.05) is 0 Å². The summed E-state index contributed by atoms with van der Waals surface area (Å²) < 4.78 is 29.5. The molecule has 3 aromatic carbocycles. The van der Waals surface area contributed by atoms with E-state index in [4.69, 9.17) is 5.73 Å². The van der Waals surface area contributed by atoms with E-state index >= 15 is 0 Å². The minimum atomic E-state index is -3.58. The molecule has 2 unspecified atom stereocenters. The molecule has 3 aromatic rings. The topological polar surface area (TPSA) is 72.2 Å². The van der Waals surface area contributed by atoms with Gasteiger partial charge in [-0.05, 0) is 59.1 Å². The van der Waals surface area contributed by atoms with Crippen molar-refractivity contribution in [3.8, 4) is 0 Å². The molecule has 0 radical (unpaired) electrons. The molecule has 0 saturated carbocycles. The summed E-state index contributed by atoms with van der Waals surface area (Å²) in [5, 5.41) is 0. The Labute approximate surface area is 199 Å². The number of nitrogens with one attached hydrogen (secondary N) is 1. The predicted octanol–water partition coefficient (Wildman–Crippen LogP) is 5.28. The Hall–Kier alpha value is -2.47. The van der Waals surface area contributed by atoms with Crippen LogP contribution in [-0.4, -0.2) is 14.2 Å². The summed E-state index contributed by atoms with van der Waals surface area (Å²) in [6, 6.07) is 22.6. The summed E-state index contributed by atoms with van der Waals surface area (Å²) in [6.07, 6.45) is 3.27. The molecule has 0 fully saturated rings. The Morgan fingerprint density at radius 2 is 1.30 bits per heavy atom. The SMILES string of the molecule is CCc1cc(CC)c(CCS(=O)(=O)NC(c2ccccc2)C(N)c2ccccc2)c(CC)c1. The van der Waals surface area contributed by atoms with Crippen LogP contribution >= 0.6 is 0 Å². The maximum absolute atomic E-state index is 13.3. The Morgan fingerprint density at radius 3 is 1.79 bits per heavy atom. The van der Waals surface area contributed by atoms with E-state index in [1.807, 2.05) is 60.7 Å². The molecule has 0 saturated heterocycles. The number of benzene rings is 3. The average Bonchev–Trinajstić information content (AvgIpc) is 2.86. The smallest absolute Gasteiger partial charge is 0.212 e. The van der Waals surface area contributed by atoms with Crippen LogP contribution < -0.4 is 10.5 Å². The molecule has 3 rings (SSSR count). The van der Waals surface area contributed by atoms with Crippen molar-refractivity contribution >= 4 is 10.0 Å². The quantitative estimate of drug-likeness (QED) is 0.406. The third-order valence-corrected chi connectivity index (χ3v) is 7.65. The molecule has 0 bridgehead atoms. The first-order valence-electron chi connectivity index (χ1n) is 11.9. The van der Waals surface area contributed by atoms with Crippen LogP contribution in [0.5, 0.6) is 0 Å². The molecule has 33 heavy (non-hydrogen) atoms. The van der Waals surface area contributed by atoms with Crippen molar-refractivity contribution in [1.29, 1.82) is 0 Å². The van der Waals surface area contributed by atoms with E-state index in [1.54, 1.807) is 0 Å². The van der Waals surface area contributed by atoms with Gasteiger partial charge >= 0.3 is 0 Å². The van der Waals surface area contributed by atoms with Gasteiger partial charge in [-0.2, -0.15) is 0 Å². The van der Waals surface area contributed by atoms with Gasteiger partial charge in [-0.3, -0.25) is 0 Å². The first-order valence-corrected chi connectivity index (χ1v) is 13.5. The Bertz CT molecular complexity index is 1100. The van der Waals surface area contributed by atoms with Crippen molar-refractivity contribution < 1.29 is 8.42 Å². The third kappa shape index (κ3) is 6.53. The fourth-order valence-corrected chi connectivity index (χ4v) is 5.65. The number of aryl methyl sites for hydroxylation is 3. The molecule has 0 aliphatic carbocycles. The second-order valence-electron chi connectivity index (χ2n) is 8.46. The van der Waals surface area contributed by atoms with Crippen LogP contribution in [0.15, 0.2) is 72.8 Å². The number of nitrogens with two attached hydrogens (primary N) is 1. The molecule has 0 aromatic heterocycles. The molecule has 0 spiro atoms. The van der Waals surface area contributed by atoms with Crippen LogP contribution in [0.1, 0.15) is 66.2 Å². The van der Waals surface area contributed by atoms with Gasteiger partial charge < -0.3 is 5.73 Å². The lowest BCUT2D eigenvalue weighted by molar-refractivity contribution is 0.503. The summed E-state index contributed by atoms with van der Waals surface area (Å²) in [5.41, 5.74) is 13.3. The normalized spacial score (nSPS) is 13.6. The molecule has 4 nitrogen and oxygen atoms in total. The maximum atomic E-state index is 13.3. The van der Waals surface area contributed by atoms with Crippen LogP contribution in [0.2, 0.25) is 0 Å². The van der Waals surface area contributed by atoms with E-state index in [2.05, 4.69) is 37.6 Å². The van der Waals surface area contributed by atoms with Gasteiger partial charge in [0.2, 0.25) is 10.0 Å². The lowest BCUT2D eigenvalue weighted by Crippen LogP contribution is -2.37. The van der Waals surface area contributed by atoms with E-state index in [-0.39, 0.29) is 5.75 Å². The zero-order valence-electron chi connectivity index (χ0n) is 19.9. The highest BCUT2D eigenvalue weighted by Gasteiger charge is 2.26. The van der Waals surface area contributed by atoms with Gasteiger partial charge in [0.25, 0.3) is 0 Å². The monoisotopic (exact) mass is 464 g/mol. The molecule has 3 N–H and O–H groups in total. The van der Waals surface area contributed by atoms with Crippen LogP contribution in [0.4, 0.5) is 0 Å². The molecule has 5 heteroatoms. The van der Waals surface area contributed by atoms with Crippen molar-refractivity contribution in [2.75, 3.05) is 5.75 Å². The second kappa shape index (κ2) is 11.6. The lowest BCUT2D eigenvalue weighted by atomic mass is 9.92. The van der Waals surface area contributed by atoms with Gasteiger partial charge in [-0.1, -0.05) is 93.6 Å². The summed E-state index contributed by atoms with van der Waals surface area (Å²) in [7, 11) is -3.58. The average molecular weight is 465 g/mol. The first-order chi connectivity index (χ1) is 15.9. The molecule has 0 heterocycles. The van der Waals surface area contributed by atoms with E-state index in [0.717, 1.165) is 30.4 Å². The van der Waals surface area contributed by atoms with E-state index in [0.29, 0.717) is 6.42 Å². The zero-order valence-corrected chi connectivity index (χ0v) is 20.7. The van der Waals surface area contributed by atoms with E-state index in [9.17, 15) is 8.42 Å².